The van der Waals surface area contributed by atoms with Crippen molar-refractivity contribution in [1.29, 1.82) is 0 Å². The molecule has 0 unspecified atom stereocenters. The molecule has 5 heteroatoms. The van der Waals surface area contributed by atoms with Crippen LogP contribution in [0.25, 0.3) is 11.1 Å². The topological polar surface area (TPSA) is 51.2 Å². The second-order valence-corrected chi connectivity index (χ2v) is 6.57. The zero-order valence-electron chi connectivity index (χ0n) is 11.1. The van der Waals surface area contributed by atoms with Crippen LogP contribution in [0.2, 0.25) is 0 Å². The Morgan fingerprint density at radius 2 is 1.80 bits per heavy atom. The molecule has 0 saturated carbocycles. The van der Waals surface area contributed by atoms with Gasteiger partial charge in [0, 0.05) is 17.4 Å². The molecule has 0 spiro atoms. The summed E-state index contributed by atoms with van der Waals surface area (Å²) in [5, 5.41) is 0. The molecule has 0 aliphatic rings. The van der Waals surface area contributed by atoms with E-state index >= 15 is 0 Å². The highest BCUT2D eigenvalue weighted by molar-refractivity contribution is 7.90. The molecule has 104 valence electrons. The minimum absolute atomic E-state index is 0.114. The van der Waals surface area contributed by atoms with Crippen LogP contribution in [0.1, 0.15) is 17.3 Å². The Morgan fingerprint density at radius 3 is 2.40 bits per heavy atom. The van der Waals surface area contributed by atoms with Crippen molar-refractivity contribution in [2.24, 2.45) is 0 Å². The van der Waals surface area contributed by atoms with E-state index in [0.717, 1.165) is 6.26 Å². The number of carbonyl (C=O) groups excluding carboxylic acids is 1. The van der Waals surface area contributed by atoms with Gasteiger partial charge in [-0.1, -0.05) is 12.1 Å². The number of hydrogen-bond acceptors (Lipinski definition) is 3. The van der Waals surface area contributed by atoms with Gasteiger partial charge in [0.05, 0.1) is 4.90 Å². The van der Waals surface area contributed by atoms with E-state index in [9.17, 15) is 17.6 Å². The Bertz CT molecular complexity index is 779. The minimum Gasteiger partial charge on any atom is -0.295 e. The smallest absolute Gasteiger partial charge is 0.175 e. The van der Waals surface area contributed by atoms with Crippen molar-refractivity contribution < 1.29 is 17.6 Å². The summed E-state index contributed by atoms with van der Waals surface area (Å²) >= 11 is 0. The van der Waals surface area contributed by atoms with Crippen molar-refractivity contribution in [2.75, 3.05) is 6.26 Å². The van der Waals surface area contributed by atoms with E-state index in [1.54, 1.807) is 12.1 Å². The van der Waals surface area contributed by atoms with Gasteiger partial charge < -0.3 is 0 Å². The highest BCUT2D eigenvalue weighted by atomic mass is 32.2. The first-order valence-electron chi connectivity index (χ1n) is 5.90. The predicted molar refractivity (Wildman–Crippen MR) is 75.0 cm³/mol. The Kier molecular flexibility index (Phi) is 3.72. The van der Waals surface area contributed by atoms with Gasteiger partial charge in [0.25, 0.3) is 0 Å². The summed E-state index contributed by atoms with van der Waals surface area (Å²) in [7, 11) is -3.36. The summed E-state index contributed by atoms with van der Waals surface area (Å²) in [6, 6.07) is 10.0. The van der Waals surface area contributed by atoms with Crippen molar-refractivity contribution in [2.45, 2.75) is 11.8 Å². The first-order chi connectivity index (χ1) is 9.29. The fourth-order valence-electron chi connectivity index (χ4n) is 1.86. The second kappa shape index (κ2) is 5.17. The van der Waals surface area contributed by atoms with E-state index < -0.39 is 15.7 Å². The monoisotopic (exact) mass is 292 g/mol. The van der Waals surface area contributed by atoms with Gasteiger partial charge >= 0.3 is 0 Å². The number of benzene rings is 2. The molecule has 0 heterocycles. The molecular weight excluding hydrogens is 279 g/mol. The van der Waals surface area contributed by atoms with Crippen molar-refractivity contribution in [3.63, 3.8) is 0 Å². The quantitative estimate of drug-likeness (QED) is 0.817. The largest absolute Gasteiger partial charge is 0.295 e. The maximum Gasteiger partial charge on any atom is 0.175 e. The van der Waals surface area contributed by atoms with Gasteiger partial charge in [-0.05, 0) is 42.8 Å². The number of hydrogen-bond donors (Lipinski definition) is 0. The minimum atomic E-state index is -3.36. The van der Waals surface area contributed by atoms with E-state index in [1.165, 1.54) is 37.3 Å². The van der Waals surface area contributed by atoms with Crippen LogP contribution < -0.4 is 0 Å². The first-order valence-corrected chi connectivity index (χ1v) is 7.79. The molecule has 3 nitrogen and oxygen atoms in total. The van der Waals surface area contributed by atoms with Crippen LogP contribution in [-0.2, 0) is 9.84 Å². The fourth-order valence-corrected chi connectivity index (χ4v) is 2.53. The zero-order valence-corrected chi connectivity index (χ0v) is 11.9. The number of halogens is 1. The molecule has 0 aliphatic carbocycles. The molecule has 0 atom stereocenters. The summed E-state index contributed by atoms with van der Waals surface area (Å²) < 4.78 is 36.9. The summed E-state index contributed by atoms with van der Waals surface area (Å²) in [5.74, 6) is -0.675. The standard InChI is InChI=1S/C15H13FO3S/c1-10(17)11-6-7-15(16)14(9-11)12-4-3-5-13(8-12)20(2,18)19/h3-9H,1-2H3. The van der Waals surface area contributed by atoms with Gasteiger partial charge in [-0.15, -0.1) is 0 Å². The fraction of sp³-hybridized carbons (Fsp3) is 0.133. The number of sulfone groups is 1. The lowest BCUT2D eigenvalue weighted by atomic mass is 10.0. The van der Waals surface area contributed by atoms with Gasteiger partial charge in [0.15, 0.2) is 15.6 Å². The van der Waals surface area contributed by atoms with Crippen LogP contribution in [0.4, 0.5) is 4.39 Å². The van der Waals surface area contributed by atoms with E-state index in [-0.39, 0.29) is 16.2 Å². The number of Topliss-reactive ketones (excluding diaryl/α,β-unsaturated/α-hetero) is 1. The molecule has 20 heavy (non-hydrogen) atoms. The van der Waals surface area contributed by atoms with Crippen molar-refractivity contribution in [1.82, 2.24) is 0 Å². The van der Waals surface area contributed by atoms with Gasteiger partial charge in [-0.2, -0.15) is 0 Å². The number of rotatable bonds is 3. The van der Waals surface area contributed by atoms with Gasteiger partial charge in [-0.3, -0.25) is 4.79 Å². The Morgan fingerprint density at radius 1 is 1.10 bits per heavy atom. The highest BCUT2D eigenvalue weighted by Gasteiger charge is 2.12. The average Bonchev–Trinajstić information content (AvgIpc) is 2.38. The Labute approximate surface area is 117 Å². The highest BCUT2D eigenvalue weighted by Crippen LogP contribution is 2.26. The lowest BCUT2D eigenvalue weighted by molar-refractivity contribution is 0.101. The number of ketones is 1. The third-order valence-corrected chi connectivity index (χ3v) is 4.06. The molecule has 2 aromatic carbocycles. The second-order valence-electron chi connectivity index (χ2n) is 4.55. The molecule has 0 bridgehead atoms. The summed E-state index contributed by atoms with van der Waals surface area (Å²) in [5.41, 5.74) is 1.02. The molecular formula is C15H13FO3S. The van der Waals surface area contributed by atoms with Crippen molar-refractivity contribution >= 4 is 15.6 Å². The molecule has 0 N–H and O–H groups in total. The van der Waals surface area contributed by atoms with Gasteiger partial charge in [0.2, 0.25) is 0 Å². The van der Waals surface area contributed by atoms with Crippen molar-refractivity contribution in [3.05, 3.63) is 53.8 Å². The van der Waals surface area contributed by atoms with Crippen LogP contribution in [0.15, 0.2) is 47.4 Å². The third-order valence-electron chi connectivity index (χ3n) is 2.95. The molecule has 0 aliphatic heterocycles. The normalized spacial score (nSPS) is 11.3. The maximum atomic E-state index is 13.9. The lowest BCUT2D eigenvalue weighted by Crippen LogP contribution is -1.98. The predicted octanol–water partition coefficient (Wildman–Crippen LogP) is 3.10. The molecule has 0 amide bonds. The van der Waals surface area contributed by atoms with E-state index in [1.807, 2.05) is 0 Å². The molecule has 0 radical (unpaired) electrons. The molecule has 2 aromatic rings. The average molecular weight is 292 g/mol. The maximum absolute atomic E-state index is 13.9. The molecule has 0 saturated heterocycles. The SMILES string of the molecule is CC(=O)c1ccc(F)c(-c2cccc(S(C)(=O)=O)c2)c1. The van der Waals surface area contributed by atoms with E-state index in [4.69, 9.17) is 0 Å². The van der Waals surface area contributed by atoms with Crippen LogP contribution >= 0.6 is 0 Å². The van der Waals surface area contributed by atoms with Gasteiger partial charge in [0.1, 0.15) is 5.82 Å². The summed E-state index contributed by atoms with van der Waals surface area (Å²) in [6.07, 6.45) is 1.09. The lowest BCUT2D eigenvalue weighted by Gasteiger charge is -2.07. The van der Waals surface area contributed by atoms with Crippen LogP contribution in [0.5, 0.6) is 0 Å². The van der Waals surface area contributed by atoms with Crippen LogP contribution in [0, 0.1) is 5.82 Å². The van der Waals surface area contributed by atoms with Crippen LogP contribution in [0.3, 0.4) is 0 Å². The Hall–Kier alpha value is -2.01. The zero-order chi connectivity index (χ0) is 14.9. The third kappa shape index (κ3) is 2.93. The van der Waals surface area contributed by atoms with E-state index in [2.05, 4.69) is 0 Å². The molecule has 0 aromatic heterocycles. The first kappa shape index (κ1) is 14.4. The molecule has 2 rings (SSSR count). The number of carbonyl (C=O) groups is 1. The summed E-state index contributed by atoms with van der Waals surface area (Å²) in [4.78, 5) is 11.5. The van der Waals surface area contributed by atoms with Crippen molar-refractivity contribution in [3.8, 4) is 11.1 Å². The summed E-state index contributed by atoms with van der Waals surface area (Å²) in [6.45, 7) is 1.39. The molecule has 0 fully saturated rings. The van der Waals surface area contributed by atoms with Crippen LogP contribution in [-0.4, -0.2) is 20.5 Å². The van der Waals surface area contributed by atoms with Gasteiger partial charge in [-0.25, -0.2) is 12.8 Å². The Balaban J connectivity index is 2.62. The van der Waals surface area contributed by atoms with E-state index in [0.29, 0.717) is 11.1 Å².